The highest BCUT2D eigenvalue weighted by atomic mass is 79.9. The lowest BCUT2D eigenvalue weighted by molar-refractivity contribution is -0.155. The van der Waals surface area contributed by atoms with E-state index in [9.17, 15) is 14.4 Å². The van der Waals surface area contributed by atoms with Crippen LogP contribution in [0, 0.1) is 0 Å². The van der Waals surface area contributed by atoms with E-state index in [1.807, 2.05) is 36.4 Å². The van der Waals surface area contributed by atoms with E-state index in [1.165, 1.54) is 4.90 Å². The zero-order valence-corrected chi connectivity index (χ0v) is 26.1. The maximum atomic E-state index is 13.6. The van der Waals surface area contributed by atoms with Gasteiger partial charge in [-0.05, 0) is 84.2 Å². The predicted molar refractivity (Wildman–Crippen MR) is 168 cm³/mol. The van der Waals surface area contributed by atoms with Gasteiger partial charge in [-0.2, -0.15) is 0 Å². The van der Waals surface area contributed by atoms with Gasteiger partial charge in [0.25, 0.3) is 5.91 Å². The summed E-state index contributed by atoms with van der Waals surface area (Å²) in [4.78, 5) is 49.0. The number of nitrogens with zero attached hydrogens (tertiary/aromatic N) is 3. The molecule has 2 amide bonds. The van der Waals surface area contributed by atoms with Crippen LogP contribution in [-0.2, 0) is 27.3 Å². The summed E-state index contributed by atoms with van der Waals surface area (Å²) in [5.41, 5.74) is 2.73. The highest BCUT2D eigenvalue weighted by Crippen LogP contribution is 2.20. The van der Waals surface area contributed by atoms with Gasteiger partial charge in [0, 0.05) is 35.8 Å². The lowest BCUT2D eigenvalue weighted by Gasteiger charge is -2.25. The average Bonchev–Trinajstić information content (AvgIpc) is 2.97. The Balaban J connectivity index is 1.45. The van der Waals surface area contributed by atoms with Gasteiger partial charge in [0.2, 0.25) is 5.91 Å². The quantitative estimate of drug-likeness (QED) is 0.208. The molecular weight excluding hydrogens is 612 g/mol. The van der Waals surface area contributed by atoms with E-state index in [2.05, 4.69) is 31.2 Å². The molecule has 9 nitrogen and oxygen atoms in total. The van der Waals surface area contributed by atoms with E-state index in [-0.39, 0.29) is 31.3 Å². The summed E-state index contributed by atoms with van der Waals surface area (Å²) in [6.45, 7) is 5.29. The number of benzene rings is 3. The minimum atomic E-state index is -0.691. The molecule has 0 bridgehead atoms. The number of aromatic nitrogens is 2. The lowest BCUT2D eigenvalue weighted by Crippen LogP contribution is -2.38. The van der Waals surface area contributed by atoms with E-state index < -0.39 is 11.6 Å². The van der Waals surface area contributed by atoms with Crippen molar-refractivity contribution in [3.63, 3.8) is 0 Å². The number of hydrogen-bond acceptors (Lipinski definition) is 7. The minimum absolute atomic E-state index is 0.180. The third-order valence-corrected chi connectivity index (χ3v) is 6.58. The predicted octanol–water partition coefficient (Wildman–Crippen LogP) is 6.08. The second-order valence-corrected chi connectivity index (χ2v) is 11.7. The molecule has 0 saturated carbocycles. The van der Waals surface area contributed by atoms with Crippen LogP contribution in [-0.4, -0.2) is 51.9 Å². The van der Waals surface area contributed by atoms with E-state index in [1.54, 1.807) is 76.7 Å². The fraction of sp³-hybridized carbons (Fsp3) is 0.242. The molecule has 0 aliphatic carbocycles. The third kappa shape index (κ3) is 9.47. The number of nitrogens with one attached hydrogen (secondary N) is 1. The Hall–Kier alpha value is -4.57. The largest absolute Gasteiger partial charge is 0.497 e. The fourth-order valence-electron chi connectivity index (χ4n) is 4.18. The Bertz CT molecular complexity index is 1550. The maximum Gasteiger partial charge on any atom is 0.326 e. The van der Waals surface area contributed by atoms with E-state index in [0.717, 1.165) is 26.9 Å². The maximum absolute atomic E-state index is 13.6. The monoisotopic (exact) mass is 644 g/mol. The summed E-state index contributed by atoms with van der Waals surface area (Å²) in [5.74, 6) is 0.253. The number of hydrogen-bond donors (Lipinski definition) is 1. The van der Waals surface area contributed by atoms with Crippen LogP contribution in [0.15, 0.2) is 89.7 Å². The van der Waals surface area contributed by atoms with Crippen molar-refractivity contribution < 1.29 is 23.9 Å². The Morgan fingerprint density at radius 1 is 0.860 bits per heavy atom. The Labute approximate surface area is 259 Å². The van der Waals surface area contributed by atoms with Crippen LogP contribution in [0.5, 0.6) is 5.75 Å². The zero-order chi connectivity index (χ0) is 31.0. The minimum Gasteiger partial charge on any atom is -0.497 e. The average molecular weight is 646 g/mol. The van der Waals surface area contributed by atoms with Gasteiger partial charge in [-0.1, -0.05) is 36.4 Å². The first-order valence-electron chi connectivity index (χ1n) is 13.6. The molecule has 0 saturated heterocycles. The standard InChI is InChI=1S/C33H33BrN4O5/c1-33(2,3)43-30(40)21-38(20-23-5-9-24(10-6-23)31-35-18-26(34)19-36-31)32(41)25-11-13-27(14-12-25)37-29(39)17-22-7-15-28(42-4)16-8-22/h5-16,18-19H,17,20-21H2,1-4H3,(H,37,39). The summed E-state index contributed by atoms with van der Waals surface area (Å²) in [5, 5.41) is 2.85. The highest BCUT2D eigenvalue weighted by molar-refractivity contribution is 9.10. The molecule has 3 aromatic carbocycles. The summed E-state index contributed by atoms with van der Waals surface area (Å²) in [6, 6.07) is 21.3. The van der Waals surface area contributed by atoms with Crippen LogP contribution >= 0.6 is 15.9 Å². The summed E-state index contributed by atoms with van der Waals surface area (Å²) < 4.78 is 11.4. The molecule has 222 valence electrons. The van der Waals surface area contributed by atoms with Crippen molar-refractivity contribution in [1.29, 1.82) is 0 Å². The van der Waals surface area contributed by atoms with Crippen LogP contribution in [0.1, 0.15) is 42.3 Å². The number of carbonyl (C=O) groups excluding carboxylic acids is 3. The van der Waals surface area contributed by atoms with Gasteiger partial charge in [0.05, 0.1) is 18.0 Å². The van der Waals surface area contributed by atoms with Crippen molar-refractivity contribution in [1.82, 2.24) is 14.9 Å². The molecule has 1 aromatic heterocycles. The molecule has 1 N–H and O–H groups in total. The van der Waals surface area contributed by atoms with Gasteiger partial charge < -0.3 is 19.7 Å². The molecule has 0 atom stereocenters. The molecule has 4 rings (SSSR count). The molecule has 43 heavy (non-hydrogen) atoms. The molecular formula is C33H33BrN4O5. The summed E-state index contributed by atoms with van der Waals surface area (Å²) in [6.07, 6.45) is 3.55. The van der Waals surface area contributed by atoms with Crippen molar-refractivity contribution in [3.8, 4) is 17.1 Å². The number of carbonyl (C=O) groups is 3. The molecule has 0 aliphatic rings. The first-order chi connectivity index (χ1) is 20.5. The molecule has 0 fully saturated rings. The zero-order valence-electron chi connectivity index (χ0n) is 24.5. The van der Waals surface area contributed by atoms with Crippen molar-refractivity contribution >= 4 is 39.4 Å². The number of halogens is 1. The van der Waals surface area contributed by atoms with E-state index in [4.69, 9.17) is 9.47 Å². The number of ether oxygens (including phenoxy) is 2. The number of esters is 1. The third-order valence-electron chi connectivity index (χ3n) is 6.17. The van der Waals surface area contributed by atoms with Crippen LogP contribution in [0.4, 0.5) is 5.69 Å². The van der Waals surface area contributed by atoms with Gasteiger partial charge in [0.1, 0.15) is 17.9 Å². The van der Waals surface area contributed by atoms with Crippen molar-refractivity contribution in [2.75, 3.05) is 19.0 Å². The SMILES string of the molecule is COc1ccc(CC(=O)Nc2ccc(C(=O)N(CC(=O)OC(C)(C)C)Cc3ccc(-c4ncc(Br)cn4)cc3)cc2)cc1. The molecule has 0 unspecified atom stereocenters. The Morgan fingerprint density at radius 3 is 2.05 bits per heavy atom. The van der Waals surface area contributed by atoms with Crippen molar-refractivity contribution in [2.45, 2.75) is 39.3 Å². The second-order valence-electron chi connectivity index (χ2n) is 10.8. The van der Waals surface area contributed by atoms with Crippen LogP contribution in [0.25, 0.3) is 11.4 Å². The topological polar surface area (TPSA) is 111 Å². The van der Waals surface area contributed by atoms with Crippen LogP contribution in [0.3, 0.4) is 0 Å². The molecule has 10 heteroatoms. The van der Waals surface area contributed by atoms with Gasteiger partial charge >= 0.3 is 5.97 Å². The highest BCUT2D eigenvalue weighted by Gasteiger charge is 2.23. The molecule has 0 spiro atoms. The smallest absolute Gasteiger partial charge is 0.326 e. The number of anilines is 1. The lowest BCUT2D eigenvalue weighted by atomic mass is 10.1. The number of methoxy groups -OCH3 is 1. The van der Waals surface area contributed by atoms with Crippen molar-refractivity contribution in [3.05, 3.63) is 106 Å². The van der Waals surface area contributed by atoms with Gasteiger partial charge in [-0.3, -0.25) is 14.4 Å². The van der Waals surface area contributed by atoms with Gasteiger partial charge in [-0.25, -0.2) is 9.97 Å². The normalized spacial score (nSPS) is 11.0. The van der Waals surface area contributed by atoms with E-state index >= 15 is 0 Å². The van der Waals surface area contributed by atoms with Gasteiger partial charge in [0.15, 0.2) is 5.82 Å². The molecule has 0 radical (unpaired) electrons. The second kappa shape index (κ2) is 14.1. The van der Waals surface area contributed by atoms with Crippen LogP contribution < -0.4 is 10.1 Å². The number of amides is 2. The van der Waals surface area contributed by atoms with Gasteiger partial charge in [-0.15, -0.1) is 0 Å². The number of rotatable bonds is 10. The first kappa shape index (κ1) is 31.4. The van der Waals surface area contributed by atoms with Crippen molar-refractivity contribution in [2.24, 2.45) is 0 Å². The molecule has 0 aliphatic heterocycles. The fourth-order valence-corrected chi connectivity index (χ4v) is 4.39. The Kier molecular flexibility index (Phi) is 10.3. The Morgan fingerprint density at radius 2 is 1.47 bits per heavy atom. The van der Waals surface area contributed by atoms with Crippen LogP contribution in [0.2, 0.25) is 0 Å². The first-order valence-corrected chi connectivity index (χ1v) is 14.4. The molecule has 4 aromatic rings. The van der Waals surface area contributed by atoms with E-state index in [0.29, 0.717) is 17.1 Å². The summed E-state index contributed by atoms with van der Waals surface area (Å²) >= 11 is 3.34. The molecule has 1 heterocycles. The summed E-state index contributed by atoms with van der Waals surface area (Å²) in [7, 11) is 1.59.